The Bertz CT molecular complexity index is 363. The highest BCUT2D eigenvalue weighted by Gasteiger charge is 2.09. The molecule has 1 aromatic heterocycles. The number of hydrogen-bond acceptors (Lipinski definition) is 3. The first-order valence-corrected chi connectivity index (χ1v) is 4.89. The van der Waals surface area contributed by atoms with E-state index >= 15 is 0 Å². The van der Waals surface area contributed by atoms with Crippen molar-refractivity contribution < 1.29 is 9.52 Å². The minimum absolute atomic E-state index is 0.0550. The molecule has 78 valence electrons. The first kappa shape index (κ1) is 10.8. The van der Waals surface area contributed by atoms with Crippen LogP contribution in [0.5, 0.6) is 5.75 Å². The maximum Gasteiger partial charge on any atom is 0.342 e. The largest absolute Gasteiger partial charge is 0.507 e. The molecule has 0 amide bonds. The molecule has 0 aliphatic heterocycles. The third-order valence-electron chi connectivity index (χ3n) is 2.04. The molecule has 0 spiro atoms. The van der Waals surface area contributed by atoms with Gasteiger partial charge in [0.25, 0.3) is 0 Å². The Kier molecular flexibility index (Phi) is 3.33. The Labute approximate surface area is 83.4 Å². The normalized spacial score (nSPS) is 10.9. The van der Waals surface area contributed by atoms with Gasteiger partial charge in [-0.1, -0.05) is 20.8 Å². The summed E-state index contributed by atoms with van der Waals surface area (Å²) in [5.41, 5.74) is -0.0549. The van der Waals surface area contributed by atoms with Crippen molar-refractivity contribution in [3.05, 3.63) is 27.8 Å². The molecule has 3 nitrogen and oxygen atoms in total. The van der Waals surface area contributed by atoms with Crippen LogP contribution in [0.3, 0.4) is 0 Å². The molecule has 0 aromatic carbocycles. The van der Waals surface area contributed by atoms with Gasteiger partial charge in [0.2, 0.25) is 0 Å². The number of aromatic hydroxyl groups is 1. The minimum atomic E-state index is -0.414. The van der Waals surface area contributed by atoms with Gasteiger partial charge in [-0.15, -0.1) is 0 Å². The Morgan fingerprint density at radius 3 is 2.57 bits per heavy atom. The summed E-state index contributed by atoms with van der Waals surface area (Å²) in [6.45, 7) is 5.88. The van der Waals surface area contributed by atoms with E-state index in [0.29, 0.717) is 30.1 Å². The molecule has 0 aliphatic rings. The first-order chi connectivity index (χ1) is 6.54. The molecule has 1 N–H and O–H groups in total. The smallest absolute Gasteiger partial charge is 0.342 e. The molecule has 0 atom stereocenters. The van der Waals surface area contributed by atoms with Gasteiger partial charge in [0.05, 0.1) is 5.56 Å². The predicted molar refractivity (Wildman–Crippen MR) is 54.6 cm³/mol. The third-order valence-corrected chi connectivity index (χ3v) is 2.04. The van der Waals surface area contributed by atoms with E-state index in [-0.39, 0.29) is 5.75 Å². The first-order valence-electron chi connectivity index (χ1n) is 4.89. The SMILES string of the molecule is CCc1c(O)cc(CC(C)C)oc1=O. The van der Waals surface area contributed by atoms with E-state index in [0.717, 1.165) is 0 Å². The summed E-state index contributed by atoms with van der Waals surface area (Å²) in [7, 11) is 0. The molecule has 0 saturated carbocycles. The van der Waals surface area contributed by atoms with Gasteiger partial charge in [-0.05, 0) is 12.3 Å². The molecule has 1 aromatic rings. The molecular weight excluding hydrogens is 180 g/mol. The third kappa shape index (κ3) is 2.37. The summed E-state index contributed by atoms with van der Waals surface area (Å²) >= 11 is 0. The topological polar surface area (TPSA) is 50.4 Å². The minimum Gasteiger partial charge on any atom is -0.507 e. The van der Waals surface area contributed by atoms with E-state index in [9.17, 15) is 9.90 Å². The van der Waals surface area contributed by atoms with E-state index < -0.39 is 5.63 Å². The van der Waals surface area contributed by atoms with Gasteiger partial charge in [0.15, 0.2) is 0 Å². The van der Waals surface area contributed by atoms with Crippen molar-refractivity contribution in [1.82, 2.24) is 0 Å². The summed E-state index contributed by atoms with van der Waals surface area (Å²) < 4.78 is 5.08. The van der Waals surface area contributed by atoms with Gasteiger partial charge in [-0.2, -0.15) is 0 Å². The van der Waals surface area contributed by atoms with Crippen LogP contribution < -0.4 is 5.63 Å². The van der Waals surface area contributed by atoms with Gasteiger partial charge < -0.3 is 9.52 Å². The molecular formula is C11H16O3. The van der Waals surface area contributed by atoms with Crippen LogP contribution in [0.25, 0.3) is 0 Å². The lowest BCUT2D eigenvalue weighted by Gasteiger charge is -2.05. The molecule has 1 heterocycles. The van der Waals surface area contributed by atoms with Crippen molar-refractivity contribution in [2.75, 3.05) is 0 Å². The second kappa shape index (κ2) is 4.31. The van der Waals surface area contributed by atoms with Gasteiger partial charge in [0.1, 0.15) is 11.5 Å². The maximum atomic E-state index is 11.3. The van der Waals surface area contributed by atoms with E-state index in [4.69, 9.17) is 4.42 Å². The zero-order chi connectivity index (χ0) is 10.7. The Morgan fingerprint density at radius 2 is 2.14 bits per heavy atom. The van der Waals surface area contributed by atoms with Crippen molar-refractivity contribution in [2.24, 2.45) is 5.92 Å². The van der Waals surface area contributed by atoms with Crippen LogP contribution in [-0.4, -0.2) is 5.11 Å². The fourth-order valence-corrected chi connectivity index (χ4v) is 1.38. The monoisotopic (exact) mass is 196 g/mol. The molecule has 14 heavy (non-hydrogen) atoms. The molecule has 0 saturated heterocycles. The Hall–Kier alpha value is -1.25. The van der Waals surface area contributed by atoms with Crippen LogP contribution in [0.15, 0.2) is 15.3 Å². The molecule has 1 rings (SSSR count). The Balaban J connectivity index is 3.08. The Morgan fingerprint density at radius 1 is 1.50 bits per heavy atom. The van der Waals surface area contributed by atoms with Crippen molar-refractivity contribution in [3.8, 4) is 5.75 Å². The van der Waals surface area contributed by atoms with Crippen LogP contribution in [0, 0.1) is 5.92 Å². The summed E-state index contributed by atoms with van der Waals surface area (Å²) in [6.07, 6.45) is 1.17. The van der Waals surface area contributed by atoms with E-state index in [1.54, 1.807) is 6.07 Å². The van der Waals surface area contributed by atoms with Crippen LogP contribution in [-0.2, 0) is 12.8 Å². The van der Waals surface area contributed by atoms with Crippen LogP contribution in [0.4, 0.5) is 0 Å². The second-order valence-electron chi connectivity index (χ2n) is 3.82. The fraction of sp³-hybridized carbons (Fsp3) is 0.545. The molecule has 0 bridgehead atoms. The quantitative estimate of drug-likeness (QED) is 0.805. The van der Waals surface area contributed by atoms with E-state index in [1.807, 2.05) is 20.8 Å². The fourth-order valence-electron chi connectivity index (χ4n) is 1.38. The lowest BCUT2D eigenvalue weighted by atomic mass is 10.1. The van der Waals surface area contributed by atoms with Gasteiger partial charge in [-0.25, -0.2) is 4.79 Å². The summed E-state index contributed by atoms with van der Waals surface area (Å²) in [4.78, 5) is 11.3. The van der Waals surface area contributed by atoms with E-state index in [1.165, 1.54) is 0 Å². The molecule has 0 fully saturated rings. The average Bonchev–Trinajstić information content (AvgIpc) is 2.01. The number of hydrogen-bond donors (Lipinski definition) is 1. The highest BCUT2D eigenvalue weighted by atomic mass is 16.4. The zero-order valence-electron chi connectivity index (χ0n) is 8.83. The second-order valence-corrected chi connectivity index (χ2v) is 3.82. The van der Waals surface area contributed by atoms with Crippen molar-refractivity contribution in [1.29, 1.82) is 0 Å². The zero-order valence-corrected chi connectivity index (χ0v) is 8.83. The molecule has 0 aliphatic carbocycles. The lowest BCUT2D eigenvalue weighted by molar-refractivity contribution is 0.399. The van der Waals surface area contributed by atoms with E-state index in [2.05, 4.69) is 0 Å². The van der Waals surface area contributed by atoms with Gasteiger partial charge in [0, 0.05) is 12.5 Å². The number of rotatable bonds is 3. The highest BCUT2D eigenvalue weighted by Crippen LogP contribution is 2.17. The standard InChI is InChI=1S/C11H16O3/c1-4-9-10(12)6-8(5-7(2)3)14-11(9)13/h6-7,12H,4-5H2,1-3H3. The van der Waals surface area contributed by atoms with Gasteiger partial charge >= 0.3 is 5.63 Å². The van der Waals surface area contributed by atoms with Crippen LogP contribution in [0.2, 0.25) is 0 Å². The van der Waals surface area contributed by atoms with Crippen LogP contribution >= 0.6 is 0 Å². The summed E-state index contributed by atoms with van der Waals surface area (Å²) in [5, 5.41) is 9.53. The van der Waals surface area contributed by atoms with Crippen molar-refractivity contribution >= 4 is 0 Å². The molecule has 3 heteroatoms. The maximum absolute atomic E-state index is 11.3. The van der Waals surface area contributed by atoms with Gasteiger partial charge in [-0.3, -0.25) is 0 Å². The summed E-state index contributed by atoms with van der Waals surface area (Å²) in [6, 6.07) is 1.54. The average molecular weight is 196 g/mol. The molecule has 0 unspecified atom stereocenters. The summed E-state index contributed by atoms with van der Waals surface area (Å²) in [5.74, 6) is 1.02. The van der Waals surface area contributed by atoms with Crippen molar-refractivity contribution in [3.63, 3.8) is 0 Å². The van der Waals surface area contributed by atoms with Crippen LogP contribution in [0.1, 0.15) is 32.1 Å². The lowest BCUT2D eigenvalue weighted by Crippen LogP contribution is -2.09. The predicted octanol–water partition coefficient (Wildman–Crippen LogP) is 2.11. The highest BCUT2D eigenvalue weighted by molar-refractivity contribution is 5.29. The van der Waals surface area contributed by atoms with Crippen molar-refractivity contribution in [2.45, 2.75) is 33.6 Å². The molecule has 0 radical (unpaired) electrons.